The Morgan fingerprint density at radius 2 is 1.71 bits per heavy atom. The highest BCUT2D eigenvalue weighted by molar-refractivity contribution is 5.24. The first-order valence-corrected chi connectivity index (χ1v) is 9.21. The van der Waals surface area contributed by atoms with E-state index < -0.39 is 5.60 Å². The summed E-state index contributed by atoms with van der Waals surface area (Å²) in [6, 6.07) is 0. The smallest absolute Gasteiger partial charge is 0.0900 e. The van der Waals surface area contributed by atoms with E-state index >= 15 is 0 Å². The summed E-state index contributed by atoms with van der Waals surface area (Å²) in [5.74, 6) is 0. The van der Waals surface area contributed by atoms with Gasteiger partial charge in [0.1, 0.15) is 0 Å². The molecule has 3 heterocycles. The van der Waals surface area contributed by atoms with Gasteiger partial charge < -0.3 is 10.0 Å². The molecule has 0 aliphatic carbocycles. The van der Waals surface area contributed by atoms with Crippen LogP contribution in [0.3, 0.4) is 0 Å². The number of piperazine rings is 1. The normalized spacial score (nSPS) is 27.7. The summed E-state index contributed by atoms with van der Waals surface area (Å²) in [5, 5.41) is 15.4. The number of likely N-dealkylation sites (N-methyl/N-ethyl adjacent to an activating group) is 1. The molecule has 24 heavy (non-hydrogen) atoms. The van der Waals surface area contributed by atoms with Crippen molar-refractivity contribution in [3.8, 4) is 0 Å². The zero-order valence-corrected chi connectivity index (χ0v) is 15.8. The number of hydrogen-bond acceptors (Lipinski definition) is 5. The van der Waals surface area contributed by atoms with Crippen LogP contribution in [0, 0.1) is 13.8 Å². The standard InChI is InChI=1S/C18H33N5O/c1-15-17(16(2)21(4)19-15)12-22-8-10-23(11-9-22)14-18(24)6-5-7-20(3)13-18/h24H,5-14H2,1-4H3/t18-/m0/s1. The van der Waals surface area contributed by atoms with Crippen molar-refractivity contribution in [1.82, 2.24) is 24.5 Å². The number of aliphatic hydroxyl groups is 1. The SMILES string of the molecule is Cc1nn(C)c(C)c1CN1CCN(C[C@]2(O)CCCN(C)C2)CC1. The monoisotopic (exact) mass is 335 g/mol. The second-order valence-corrected chi connectivity index (χ2v) is 7.89. The van der Waals surface area contributed by atoms with E-state index in [-0.39, 0.29) is 0 Å². The van der Waals surface area contributed by atoms with Gasteiger partial charge in [0.25, 0.3) is 0 Å². The Morgan fingerprint density at radius 3 is 2.29 bits per heavy atom. The highest BCUT2D eigenvalue weighted by Crippen LogP contribution is 2.22. The molecule has 0 unspecified atom stereocenters. The van der Waals surface area contributed by atoms with Crippen molar-refractivity contribution in [2.45, 2.75) is 38.8 Å². The van der Waals surface area contributed by atoms with E-state index in [0.29, 0.717) is 0 Å². The van der Waals surface area contributed by atoms with Gasteiger partial charge in [-0.2, -0.15) is 5.10 Å². The van der Waals surface area contributed by atoms with Gasteiger partial charge in [-0.15, -0.1) is 0 Å². The first-order chi connectivity index (χ1) is 11.4. The fourth-order valence-electron chi connectivity index (χ4n) is 4.26. The fraction of sp³-hybridized carbons (Fsp3) is 0.833. The summed E-state index contributed by atoms with van der Waals surface area (Å²) < 4.78 is 1.98. The quantitative estimate of drug-likeness (QED) is 0.874. The van der Waals surface area contributed by atoms with Crippen LogP contribution < -0.4 is 0 Å². The van der Waals surface area contributed by atoms with Crippen LogP contribution in [0.2, 0.25) is 0 Å². The van der Waals surface area contributed by atoms with Crippen molar-refractivity contribution in [1.29, 1.82) is 0 Å². The Hall–Kier alpha value is -0.950. The Labute approximate surface area is 146 Å². The van der Waals surface area contributed by atoms with Crippen LogP contribution in [0.1, 0.15) is 29.8 Å². The van der Waals surface area contributed by atoms with Gasteiger partial charge in [-0.3, -0.25) is 14.5 Å². The Balaban J connectivity index is 1.51. The molecule has 3 rings (SSSR count). The molecule has 1 aromatic heterocycles. The van der Waals surface area contributed by atoms with Gasteiger partial charge in [-0.05, 0) is 40.3 Å². The highest BCUT2D eigenvalue weighted by Gasteiger charge is 2.34. The molecule has 6 nitrogen and oxygen atoms in total. The molecule has 2 aliphatic heterocycles. The molecule has 0 radical (unpaired) electrons. The minimum Gasteiger partial charge on any atom is -0.387 e. The largest absolute Gasteiger partial charge is 0.387 e. The molecule has 2 saturated heterocycles. The lowest BCUT2D eigenvalue weighted by molar-refractivity contribution is -0.0544. The van der Waals surface area contributed by atoms with E-state index in [0.717, 1.165) is 70.9 Å². The van der Waals surface area contributed by atoms with Gasteiger partial charge in [0, 0.05) is 64.1 Å². The van der Waals surface area contributed by atoms with Crippen LogP contribution in [0.4, 0.5) is 0 Å². The van der Waals surface area contributed by atoms with Crippen LogP contribution in [0.15, 0.2) is 0 Å². The van der Waals surface area contributed by atoms with Crippen LogP contribution >= 0.6 is 0 Å². The van der Waals surface area contributed by atoms with Gasteiger partial charge in [0.2, 0.25) is 0 Å². The molecule has 0 bridgehead atoms. The van der Waals surface area contributed by atoms with E-state index in [1.807, 2.05) is 11.7 Å². The summed E-state index contributed by atoms with van der Waals surface area (Å²) in [6.45, 7) is 12.2. The average molecular weight is 335 g/mol. The Bertz CT molecular complexity index is 564. The van der Waals surface area contributed by atoms with Gasteiger partial charge in [-0.1, -0.05) is 0 Å². The van der Waals surface area contributed by atoms with E-state index in [9.17, 15) is 5.11 Å². The van der Waals surface area contributed by atoms with Crippen molar-refractivity contribution in [3.63, 3.8) is 0 Å². The number of aryl methyl sites for hydroxylation is 2. The van der Waals surface area contributed by atoms with E-state index in [2.05, 4.69) is 40.7 Å². The zero-order chi connectivity index (χ0) is 17.3. The highest BCUT2D eigenvalue weighted by atomic mass is 16.3. The van der Waals surface area contributed by atoms with E-state index in [4.69, 9.17) is 0 Å². The maximum absolute atomic E-state index is 10.9. The molecule has 0 amide bonds. The lowest BCUT2D eigenvalue weighted by Crippen LogP contribution is -2.56. The lowest BCUT2D eigenvalue weighted by Gasteiger charge is -2.43. The summed E-state index contributed by atoms with van der Waals surface area (Å²) in [6.07, 6.45) is 2.04. The predicted octanol–water partition coefficient (Wildman–Crippen LogP) is 0.611. The van der Waals surface area contributed by atoms with Crippen molar-refractivity contribution >= 4 is 0 Å². The van der Waals surface area contributed by atoms with Crippen LogP contribution in [0.25, 0.3) is 0 Å². The molecule has 1 atom stereocenters. The second-order valence-electron chi connectivity index (χ2n) is 7.89. The van der Waals surface area contributed by atoms with Crippen LogP contribution in [0.5, 0.6) is 0 Å². The van der Waals surface area contributed by atoms with Gasteiger partial charge in [0.15, 0.2) is 0 Å². The first kappa shape index (κ1) is 17.9. The molecule has 0 aromatic carbocycles. The number of nitrogens with zero attached hydrogens (tertiary/aromatic N) is 5. The summed E-state index contributed by atoms with van der Waals surface area (Å²) >= 11 is 0. The van der Waals surface area contributed by atoms with E-state index in [1.165, 1.54) is 11.3 Å². The van der Waals surface area contributed by atoms with Crippen LogP contribution in [-0.4, -0.2) is 88.0 Å². The molecule has 2 fully saturated rings. The molecule has 6 heteroatoms. The summed E-state index contributed by atoms with van der Waals surface area (Å²) in [4.78, 5) is 7.22. The van der Waals surface area contributed by atoms with E-state index in [1.54, 1.807) is 0 Å². The number of rotatable bonds is 4. The maximum Gasteiger partial charge on any atom is 0.0900 e. The lowest BCUT2D eigenvalue weighted by atomic mass is 9.92. The topological polar surface area (TPSA) is 47.8 Å². The number of likely N-dealkylation sites (tertiary alicyclic amines) is 1. The third-order valence-electron chi connectivity index (χ3n) is 5.77. The molecule has 1 aromatic rings. The second kappa shape index (κ2) is 7.12. The maximum atomic E-state index is 10.9. The summed E-state index contributed by atoms with van der Waals surface area (Å²) in [5.41, 5.74) is 3.27. The fourth-order valence-corrected chi connectivity index (χ4v) is 4.26. The first-order valence-electron chi connectivity index (χ1n) is 9.21. The predicted molar refractivity (Wildman–Crippen MR) is 96.1 cm³/mol. The van der Waals surface area contributed by atoms with Gasteiger partial charge in [0.05, 0.1) is 11.3 Å². The van der Waals surface area contributed by atoms with Crippen molar-refractivity contribution in [2.24, 2.45) is 7.05 Å². The molecular weight excluding hydrogens is 302 g/mol. The molecule has 2 aliphatic rings. The zero-order valence-electron chi connectivity index (χ0n) is 15.8. The summed E-state index contributed by atoms with van der Waals surface area (Å²) in [7, 11) is 4.13. The molecular formula is C18H33N5O. The number of aromatic nitrogens is 2. The Morgan fingerprint density at radius 1 is 1.04 bits per heavy atom. The molecule has 0 spiro atoms. The third-order valence-corrected chi connectivity index (χ3v) is 5.77. The van der Waals surface area contributed by atoms with Crippen molar-refractivity contribution < 1.29 is 5.11 Å². The third kappa shape index (κ3) is 3.99. The number of hydrogen-bond donors (Lipinski definition) is 1. The Kier molecular flexibility index (Phi) is 5.30. The van der Waals surface area contributed by atoms with Gasteiger partial charge in [-0.25, -0.2) is 0 Å². The molecule has 136 valence electrons. The minimum absolute atomic E-state index is 0.522. The van der Waals surface area contributed by atoms with Crippen molar-refractivity contribution in [2.75, 3.05) is 52.9 Å². The average Bonchev–Trinajstić information content (AvgIpc) is 2.75. The number of piperidine rings is 1. The van der Waals surface area contributed by atoms with Crippen molar-refractivity contribution in [3.05, 3.63) is 17.0 Å². The molecule has 1 N–H and O–H groups in total. The van der Waals surface area contributed by atoms with Crippen LogP contribution in [-0.2, 0) is 13.6 Å². The van der Waals surface area contributed by atoms with Gasteiger partial charge >= 0.3 is 0 Å². The number of β-amino-alcohol motifs (C(OH)–C–C–N with tert-alkyl or cyclic N) is 1. The molecule has 0 saturated carbocycles. The minimum atomic E-state index is -0.522.